The van der Waals surface area contributed by atoms with E-state index in [0.717, 1.165) is 6.26 Å². The van der Waals surface area contributed by atoms with Crippen molar-refractivity contribution >= 4 is 17.6 Å². The van der Waals surface area contributed by atoms with Crippen LogP contribution in [-0.2, 0) is 9.53 Å². The van der Waals surface area contributed by atoms with Crippen molar-refractivity contribution < 1.29 is 31.5 Å². The van der Waals surface area contributed by atoms with E-state index in [4.69, 9.17) is 0 Å². The van der Waals surface area contributed by atoms with E-state index in [1.54, 1.807) is 0 Å². The normalized spacial score (nSPS) is 7.19. The minimum absolute atomic E-state index is 0.329. The summed E-state index contributed by atoms with van der Waals surface area (Å²) in [5.41, 5.74) is 0. The highest BCUT2D eigenvalue weighted by atomic mass is 35.5. The molecule has 16 heavy (non-hydrogen) atoms. The summed E-state index contributed by atoms with van der Waals surface area (Å²) in [7, 11) is 0. The number of halogens is 6. The molecule has 0 bridgehead atoms. The Morgan fingerprint density at radius 1 is 1.25 bits per heavy atom. The van der Waals surface area contributed by atoms with E-state index in [-0.39, 0.29) is 5.97 Å². The molecule has 0 heterocycles. The third kappa shape index (κ3) is 53.9. The van der Waals surface area contributed by atoms with Crippen molar-refractivity contribution in [2.75, 3.05) is 0 Å². The van der Waals surface area contributed by atoms with E-state index in [0.29, 0.717) is 0 Å². The van der Waals surface area contributed by atoms with Crippen LogP contribution < -0.4 is 0 Å². The van der Waals surface area contributed by atoms with Gasteiger partial charge in [-0.3, -0.25) is 4.79 Å². The SMILES string of the molecule is C=C(F)F.C=COC(C)=O.FC(F)=C(F)Cl. The summed E-state index contributed by atoms with van der Waals surface area (Å²) in [4.78, 5) is 9.75. The van der Waals surface area contributed by atoms with Gasteiger partial charge in [-0.1, -0.05) is 6.58 Å². The fourth-order valence-electron chi connectivity index (χ4n) is 0.117. The van der Waals surface area contributed by atoms with Gasteiger partial charge in [0.25, 0.3) is 11.4 Å². The number of carbonyl (C=O) groups is 1. The van der Waals surface area contributed by atoms with Gasteiger partial charge in [-0.15, -0.1) is 0 Å². The van der Waals surface area contributed by atoms with Gasteiger partial charge >= 0.3 is 12.0 Å². The van der Waals surface area contributed by atoms with Gasteiger partial charge in [0.1, 0.15) is 0 Å². The quantitative estimate of drug-likeness (QED) is 0.401. The van der Waals surface area contributed by atoms with Crippen molar-refractivity contribution in [3.05, 3.63) is 36.9 Å². The van der Waals surface area contributed by atoms with Gasteiger partial charge in [0.15, 0.2) is 0 Å². The zero-order valence-electron chi connectivity index (χ0n) is 8.08. The summed E-state index contributed by atoms with van der Waals surface area (Å²) in [6, 6.07) is 0. The summed E-state index contributed by atoms with van der Waals surface area (Å²) in [6.45, 7) is 6.70. The predicted octanol–water partition coefficient (Wildman–Crippen LogP) is 4.35. The summed E-state index contributed by atoms with van der Waals surface area (Å²) >= 11 is 4.08. The minimum atomic E-state index is -2.48. The lowest BCUT2D eigenvalue weighted by atomic mass is 10.8. The third-order valence-electron chi connectivity index (χ3n) is 0.392. The van der Waals surface area contributed by atoms with Crippen molar-refractivity contribution in [2.24, 2.45) is 0 Å². The zero-order chi connectivity index (χ0) is 13.7. The first-order valence-electron chi connectivity index (χ1n) is 3.29. The summed E-state index contributed by atoms with van der Waals surface area (Å²) in [6.07, 6.45) is -3.21. The molecule has 0 aliphatic heterocycles. The molecule has 0 aliphatic carbocycles. The Morgan fingerprint density at radius 2 is 1.50 bits per heavy atom. The second-order valence-electron chi connectivity index (χ2n) is 1.64. The van der Waals surface area contributed by atoms with Crippen LogP contribution in [0.1, 0.15) is 6.92 Å². The fourth-order valence-corrected chi connectivity index (χ4v) is 0.117. The average Bonchev–Trinajstić information content (AvgIpc) is 2.03. The van der Waals surface area contributed by atoms with Crippen LogP contribution in [0, 0.1) is 0 Å². The van der Waals surface area contributed by atoms with Crippen molar-refractivity contribution in [2.45, 2.75) is 6.92 Å². The molecule has 0 unspecified atom stereocenters. The number of carbonyl (C=O) groups excluding carboxylic acids is 1. The zero-order valence-corrected chi connectivity index (χ0v) is 8.83. The molecule has 0 aromatic heterocycles. The molecule has 0 saturated heterocycles. The van der Waals surface area contributed by atoms with Crippen LogP contribution in [0.25, 0.3) is 0 Å². The molecular weight excluding hydrogens is 259 g/mol. The number of hydrogen-bond acceptors (Lipinski definition) is 2. The predicted molar refractivity (Wildman–Crippen MR) is 49.5 cm³/mol. The van der Waals surface area contributed by atoms with E-state index in [9.17, 15) is 26.7 Å². The molecule has 0 N–H and O–H groups in total. The van der Waals surface area contributed by atoms with Crippen LogP contribution in [0.2, 0.25) is 0 Å². The minimum Gasteiger partial charge on any atom is -0.435 e. The van der Waals surface area contributed by atoms with Crippen LogP contribution in [-0.4, -0.2) is 5.97 Å². The molecule has 0 radical (unpaired) electrons. The second-order valence-corrected chi connectivity index (χ2v) is 1.97. The molecule has 94 valence electrons. The van der Waals surface area contributed by atoms with Gasteiger partial charge in [-0.25, -0.2) is 0 Å². The Morgan fingerprint density at radius 3 is 1.50 bits per heavy atom. The average molecular weight is 267 g/mol. The van der Waals surface area contributed by atoms with Crippen molar-refractivity contribution in [3.8, 4) is 0 Å². The van der Waals surface area contributed by atoms with E-state index in [1.165, 1.54) is 6.92 Å². The molecule has 0 spiro atoms. The van der Waals surface area contributed by atoms with E-state index in [2.05, 4.69) is 29.5 Å². The first kappa shape index (κ1) is 20.1. The smallest absolute Gasteiger partial charge is 0.317 e. The molecule has 0 atom stereocenters. The molecule has 0 fully saturated rings. The molecule has 0 rings (SSSR count). The van der Waals surface area contributed by atoms with Crippen molar-refractivity contribution in [1.82, 2.24) is 0 Å². The maximum absolute atomic E-state index is 10.7. The second kappa shape index (κ2) is 13.6. The highest BCUT2D eigenvalue weighted by Gasteiger charge is 1.95. The molecule has 0 aliphatic rings. The van der Waals surface area contributed by atoms with Crippen LogP contribution in [0.4, 0.5) is 22.0 Å². The summed E-state index contributed by atoms with van der Waals surface area (Å²) in [5, 5.41) is -1.94. The molecular formula is C8H8ClF5O2. The van der Waals surface area contributed by atoms with Crippen molar-refractivity contribution in [1.29, 1.82) is 0 Å². The van der Waals surface area contributed by atoms with E-state index >= 15 is 0 Å². The number of esters is 1. The third-order valence-corrected chi connectivity index (χ3v) is 0.535. The maximum atomic E-state index is 10.7. The molecule has 0 aromatic carbocycles. The Balaban J connectivity index is -0.000000162. The maximum Gasteiger partial charge on any atom is 0.317 e. The van der Waals surface area contributed by atoms with Crippen LogP contribution in [0.15, 0.2) is 36.9 Å². The number of hydrogen-bond donors (Lipinski definition) is 0. The van der Waals surface area contributed by atoms with Gasteiger partial charge in [0.05, 0.1) is 6.26 Å². The Labute approximate surface area is 93.6 Å². The van der Waals surface area contributed by atoms with Gasteiger partial charge in [0, 0.05) is 6.92 Å². The monoisotopic (exact) mass is 266 g/mol. The number of ether oxygens (including phenoxy) is 1. The van der Waals surface area contributed by atoms with Crippen LogP contribution in [0.5, 0.6) is 0 Å². The van der Waals surface area contributed by atoms with E-state index in [1.807, 2.05) is 0 Å². The molecule has 2 nitrogen and oxygen atoms in total. The highest BCUT2D eigenvalue weighted by Crippen LogP contribution is 2.11. The van der Waals surface area contributed by atoms with Crippen molar-refractivity contribution in [3.63, 3.8) is 0 Å². The molecule has 8 heteroatoms. The van der Waals surface area contributed by atoms with Crippen LogP contribution >= 0.6 is 11.6 Å². The lowest BCUT2D eigenvalue weighted by molar-refractivity contribution is -0.135. The first-order valence-corrected chi connectivity index (χ1v) is 3.67. The Bertz CT molecular complexity index is 243. The standard InChI is InChI=1S/C4H6O2.C2ClF3.C2H2F2/c1-3-6-4(2)5;3-1(4)2(5)6;1-2(3)4/h3H,1H2,2H3;;1H2. The molecule has 0 amide bonds. The molecule has 0 aromatic rings. The molecule has 0 saturated carbocycles. The highest BCUT2D eigenvalue weighted by molar-refractivity contribution is 6.28. The lowest BCUT2D eigenvalue weighted by Crippen LogP contribution is -1.87. The van der Waals surface area contributed by atoms with Gasteiger partial charge in [0.2, 0.25) is 0 Å². The summed E-state index contributed by atoms with van der Waals surface area (Å²) < 4.78 is 56.2. The van der Waals surface area contributed by atoms with Gasteiger partial charge in [-0.05, 0) is 18.2 Å². The van der Waals surface area contributed by atoms with Gasteiger partial charge in [-0.2, -0.15) is 22.0 Å². The first-order chi connectivity index (χ1) is 7.14. The topological polar surface area (TPSA) is 26.3 Å². The van der Waals surface area contributed by atoms with E-state index < -0.39 is 17.4 Å². The van der Waals surface area contributed by atoms with Crippen LogP contribution in [0.3, 0.4) is 0 Å². The Kier molecular flexibility index (Phi) is 17.1. The lowest BCUT2D eigenvalue weighted by Gasteiger charge is -1.83. The fraction of sp³-hybridized carbons (Fsp3) is 0.125. The summed E-state index contributed by atoms with van der Waals surface area (Å²) in [5.74, 6) is -0.329. The number of rotatable bonds is 1. The Hall–Kier alpha value is -1.37. The van der Waals surface area contributed by atoms with Gasteiger partial charge < -0.3 is 4.74 Å². The largest absolute Gasteiger partial charge is 0.435 e.